The number of aromatic nitrogens is 2. The van der Waals surface area contributed by atoms with Crippen molar-refractivity contribution < 1.29 is 4.74 Å². The summed E-state index contributed by atoms with van der Waals surface area (Å²) < 4.78 is 8.07. The summed E-state index contributed by atoms with van der Waals surface area (Å²) in [5.74, 6) is 0. The highest BCUT2D eigenvalue weighted by Crippen LogP contribution is 2.27. The number of anilines is 1. The predicted molar refractivity (Wildman–Crippen MR) is 120 cm³/mol. The lowest BCUT2D eigenvalue weighted by Crippen LogP contribution is -2.54. The first kappa shape index (κ1) is 20.0. The number of morpholine rings is 1. The summed E-state index contributed by atoms with van der Waals surface area (Å²) in [5, 5.41) is 17.4. The Morgan fingerprint density at radius 3 is 2.84 bits per heavy atom. The van der Waals surface area contributed by atoms with Gasteiger partial charge in [0.25, 0.3) is 0 Å². The molecule has 0 unspecified atom stereocenters. The molecular weight excluding hydrogens is 388 g/mol. The van der Waals surface area contributed by atoms with Crippen LogP contribution in [0.1, 0.15) is 24.2 Å². The van der Waals surface area contributed by atoms with Gasteiger partial charge in [-0.25, -0.2) is 4.52 Å². The van der Waals surface area contributed by atoms with Crippen LogP contribution in [0.3, 0.4) is 0 Å². The van der Waals surface area contributed by atoms with Crippen molar-refractivity contribution >= 4 is 11.2 Å². The molecule has 160 valence electrons. The molecule has 7 nitrogen and oxygen atoms in total. The van der Waals surface area contributed by atoms with E-state index in [0.29, 0.717) is 11.7 Å². The number of pyridine rings is 1. The minimum Gasteiger partial charge on any atom is -0.370 e. The van der Waals surface area contributed by atoms with Gasteiger partial charge in [0.05, 0.1) is 29.6 Å². The molecule has 1 aromatic carbocycles. The Bertz CT molecular complexity index is 1070. The maximum absolute atomic E-state index is 9.37. The van der Waals surface area contributed by atoms with Crippen molar-refractivity contribution in [3.63, 3.8) is 0 Å². The van der Waals surface area contributed by atoms with Crippen LogP contribution in [0.4, 0.5) is 5.69 Å². The minimum absolute atomic E-state index is 0.136. The third-order valence-electron chi connectivity index (χ3n) is 6.24. The topological polar surface area (TPSA) is 68.8 Å². The van der Waals surface area contributed by atoms with Gasteiger partial charge in [-0.15, -0.1) is 0 Å². The summed E-state index contributed by atoms with van der Waals surface area (Å²) in [4.78, 5) is 4.90. The van der Waals surface area contributed by atoms with E-state index in [2.05, 4.69) is 63.5 Å². The lowest BCUT2D eigenvalue weighted by Gasteiger charge is -2.42. The molecule has 4 heterocycles. The van der Waals surface area contributed by atoms with Crippen molar-refractivity contribution in [3.05, 3.63) is 66.0 Å². The number of ether oxygens (including phenoxy) is 1. The summed E-state index contributed by atoms with van der Waals surface area (Å²) in [6, 6.07) is 19.1. The highest BCUT2D eigenvalue weighted by molar-refractivity contribution is 5.74. The fraction of sp³-hybridized carbons (Fsp3) is 0.417. The molecule has 0 aliphatic carbocycles. The number of nitrogens with one attached hydrogen (secondary N) is 1. The molecule has 0 saturated carbocycles. The van der Waals surface area contributed by atoms with Crippen LogP contribution < -0.4 is 10.2 Å². The maximum Gasteiger partial charge on any atom is 0.142 e. The zero-order valence-electron chi connectivity index (χ0n) is 17.8. The van der Waals surface area contributed by atoms with Crippen LogP contribution in [0.15, 0.2) is 54.7 Å². The average molecular weight is 417 g/mol. The average Bonchev–Trinajstić information content (AvgIpc) is 3.29. The summed E-state index contributed by atoms with van der Waals surface area (Å²) in [7, 11) is 0. The van der Waals surface area contributed by atoms with Crippen molar-refractivity contribution in [2.75, 3.05) is 44.2 Å². The summed E-state index contributed by atoms with van der Waals surface area (Å²) in [6.45, 7) is 7.72. The molecule has 7 heteroatoms. The van der Waals surface area contributed by atoms with Gasteiger partial charge in [0.15, 0.2) is 0 Å². The maximum atomic E-state index is 9.37. The largest absolute Gasteiger partial charge is 0.370 e. The third kappa shape index (κ3) is 4.15. The molecule has 2 aliphatic rings. The van der Waals surface area contributed by atoms with Gasteiger partial charge < -0.3 is 15.0 Å². The van der Waals surface area contributed by atoms with Crippen LogP contribution >= 0.6 is 0 Å². The van der Waals surface area contributed by atoms with E-state index in [1.165, 1.54) is 5.56 Å². The Morgan fingerprint density at radius 2 is 2.00 bits per heavy atom. The monoisotopic (exact) mass is 416 g/mol. The van der Waals surface area contributed by atoms with Gasteiger partial charge in [-0.2, -0.15) is 10.4 Å². The van der Waals surface area contributed by atoms with E-state index >= 15 is 0 Å². The Hall–Kier alpha value is -2.92. The molecule has 2 saturated heterocycles. The molecule has 3 atom stereocenters. The second kappa shape index (κ2) is 8.67. The van der Waals surface area contributed by atoms with E-state index in [1.54, 1.807) is 10.7 Å². The zero-order chi connectivity index (χ0) is 21.2. The molecule has 0 radical (unpaired) electrons. The molecule has 0 spiro atoms. The van der Waals surface area contributed by atoms with Crippen molar-refractivity contribution in [1.82, 2.24) is 19.8 Å². The van der Waals surface area contributed by atoms with Crippen molar-refractivity contribution in [2.45, 2.75) is 25.2 Å². The quantitative estimate of drug-likeness (QED) is 0.705. The van der Waals surface area contributed by atoms with E-state index in [1.807, 2.05) is 18.2 Å². The number of hydrogen-bond donors (Lipinski definition) is 1. The van der Waals surface area contributed by atoms with Gasteiger partial charge in [-0.1, -0.05) is 30.3 Å². The summed E-state index contributed by atoms with van der Waals surface area (Å²) >= 11 is 0. The normalized spacial score (nSPS) is 24.9. The molecule has 0 bridgehead atoms. The molecule has 1 N–H and O–H groups in total. The number of hydrogen-bond acceptors (Lipinski definition) is 6. The lowest BCUT2D eigenvalue weighted by molar-refractivity contribution is -0.0354. The highest BCUT2D eigenvalue weighted by Gasteiger charge is 2.30. The van der Waals surface area contributed by atoms with E-state index in [0.717, 1.165) is 50.5 Å². The number of nitrogens with zero attached hydrogens (tertiary/aromatic N) is 5. The number of fused-ring (bicyclic) bond motifs is 1. The van der Waals surface area contributed by atoms with Crippen molar-refractivity contribution in [1.29, 1.82) is 5.26 Å². The van der Waals surface area contributed by atoms with E-state index in [9.17, 15) is 5.26 Å². The lowest BCUT2D eigenvalue weighted by atomic mass is 10.0. The van der Waals surface area contributed by atoms with E-state index in [4.69, 9.17) is 4.74 Å². The van der Waals surface area contributed by atoms with Crippen molar-refractivity contribution in [3.8, 4) is 6.07 Å². The van der Waals surface area contributed by atoms with Gasteiger partial charge in [0, 0.05) is 45.3 Å². The van der Waals surface area contributed by atoms with Crippen molar-refractivity contribution in [2.24, 2.45) is 0 Å². The SMILES string of the molecule is C[C@@H]1CN(c2ccc(C#N)n3nccc23)C[C@H](CN2CCN[C@H](c3ccccc3)C2)O1. The molecule has 2 fully saturated rings. The van der Waals surface area contributed by atoms with Crippen LogP contribution in [0.5, 0.6) is 0 Å². The predicted octanol–water partition coefficient (Wildman–Crippen LogP) is 2.45. The molecule has 3 aromatic rings. The molecule has 31 heavy (non-hydrogen) atoms. The molecule has 5 rings (SSSR count). The third-order valence-corrected chi connectivity index (χ3v) is 6.24. The minimum atomic E-state index is 0.136. The first-order valence-corrected chi connectivity index (χ1v) is 11.0. The van der Waals surface area contributed by atoms with E-state index in [-0.39, 0.29) is 12.2 Å². The number of benzene rings is 1. The first-order chi connectivity index (χ1) is 15.2. The van der Waals surface area contributed by atoms with Crippen LogP contribution in [-0.2, 0) is 4.74 Å². The second-order valence-corrected chi connectivity index (χ2v) is 8.49. The Morgan fingerprint density at radius 1 is 1.13 bits per heavy atom. The number of nitriles is 1. The number of piperazine rings is 1. The first-order valence-electron chi connectivity index (χ1n) is 11.0. The highest BCUT2D eigenvalue weighted by atomic mass is 16.5. The smallest absolute Gasteiger partial charge is 0.142 e. The van der Waals surface area contributed by atoms with Crippen LogP contribution in [0, 0.1) is 11.3 Å². The van der Waals surface area contributed by atoms with Gasteiger partial charge in [-0.3, -0.25) is 4.90 Å². The van der Waals surface area contributed by atoms with Crippen LogP contribution in [-0.4, -0.2) is 66.0 Å². The fourth-order valence-corrected chi connectivity index (χ4v) is 4.87. The van der Waals surface area contributed by atoms with E-state index < -0.39 is 0 Å². The van der Waals surface area contributed by atoms with Crippen LogP contribution in [0.25, 0.3) is 5.52 Å². The summed E-state index contributed by atoms with van der Waals surface area (Å²) in [5.41, 5.74) is 3.97. The molecule has 2 aromatic heterocycles. The van der Waals surface area contributed by atoms with Crippen LogP contribution in [0.2, 0.25) is 0 Å². The summed E-state index contributed by atoms with van der Waals surface area (Å²) in [6.07, 6.45) is 2.04. The number of rotatable bonds is 4. The molecular formula is C24H28N6O. The molecule has 0 amide bonds. The van der Waals surface area contributed by atoms with Gasteiger partial charge in [0.2, 0.25) is 0 Å². The standard InChI is InChI=1S/C24H28N6O/c1-18-14-29(23-8-7-20(13-25)30-24(23)9-10-27-30)16-21(31-18)15-28-12-11-26-22(17-28)19-5-3-2-4-6-19/h2-10,18,21-22,26H,11-12,14-17H2,1H3/t18-,21+,22+/m1/s1. The van der Waals surface area contributed by atoms with Gasteiger partial charge >= 0.3 is 0 Å². The molecule has 2 aliphatic heterocycles. The Balaban J connectivity index is 1.30. The van der Waals surface area contributed by atoms with Gasteiger partial charge in [-0.05, 0) is 30.7 Å². The fourth-order valence-electron chi connectivity index (χ4n) is 4.87. The Kier molecular flexibility index (Phi) is 5.60. The Labute approximate surface area is 182 Å². The zero-order valence-corrected chi connectivity index (χ0v) is 17.8. The van der Waals surface area contributed by atoms with Gasteiger partial charge in [0.1, 0.15) is 11.8 Å². The second-order valence-electron chi connectivity index (χ2n) is 8.49.